The average Bonchev–Trinajstić information content (AvgIpc) is 2.88. The van der Waals surface area contributed by atoms with Crippen molar-refractivity contribution in [2.75, 3.05) is 6.54 Å². The molecule has 0 saturated carbocycles. The van der Waals surface area contributed by atoms with Gasteiger partial charge in [0.15, 0.2) is 6.04 Å². The SMILES string of the molecule is CC(C)(C)OC(=O)CC[C@H](NC(=O)N(O)[C@@H](CCCCNC(=O)OCc1ccccc1)C(=O)OC(C)(C)C)C(=O)OC(C)(C)C. The zero-order valence-electron chi connectivity index (χ0n) is 28.1. The maximum atomic E-state index is 13.1. The summed E-state index contributed by atoms with van der Waals surface area (Å²) in [7, 11) is 0. The van der Waals surface area contributed by atoms with Crippen LogP contribution in [-0.4, -0.2) is 75.7 Å². The Morgan fingerprint density at radius 1 is 0.778 bits per heavy atom. The van der Waals surface area contributed by atoms with Crippen LogP contribution in [0.25, 0.3) is 0 Å². The minimum absolute atomic E-state index is 0.0193. The van der Waals surface area contributed by atoms with Crippen LogP contribution in [0.5, 0.6) is 0 Å². The number of urea groups is 1. The quantitative estimate of drug-likeness (QED) is 0.0827. The zero-order chi connectivity index (χ0) is 34.4. The molecule has 0 spiro atoms. The molecule has 13 nitrogen and oxygen atoms in total. The van der Waals surface area contributed by atoms with E-state index in [0.29, 0.717) is 12.8 Å². The molecule has 0 unspecified atom stereocenters. The van der Waals surface area contributed by atoms with Gasteiger partial charge in [0.05, 0.1) is 0 Å². The lowest BCUT2D eigenvalue weighted by molar-refractivity contribution is -0.174. The van der Waals surface area contributed by atoms with Crippen molar-refractivity contribution in [3.8, 4) is 0 Å². The van der Waals surface area contributed by atoms with Crippen LogP contribution in [0.4, 0.5) is 9.59 Å². The minimum atomic E-state index is -1.43. The van der Waals surface area contributed by atoms with E-state index in [-0.39, 0.29) is 37.5 Å². The summed E-state index contributed by atoms with van der Waals surface area (Å²) >= 11 is 0. The molecule has 0 radical (unpaired) electrons. The predicted molar refractivity (Wildman–Crippen MR) is 165 cm³/mol. The Morgan fingerprint density at radius 3 is 1.89 bits per heavy atom. The second-order valence-electron chi connectivity index (χ2n) is 13.5. The van der Waals surface area contributed by atoms with Gasteiger partial charge in [0.2, 0.25) is 0 Å². The minimum Gasteiger partial charge on any atom is -0.460 e. The van der Waals surface area contributed by atoms with Gasteiger partial charge in [-0.25, -0.2) is 19.2 Å². The number of ether oxygens (including phenoxy) is 4. The molecule has 1 rings (SSSR count). The van der Waals surface area contributed by atoms with Crippen molar-refractivity contribution in [2.45, 2.75) is 130 Å². The highest BCUT2D eigenvalue weighted by Crippen LogP contribution is 2.17. The number of carbonyl (C=O) groups excluding carboxylic acids is 5. The lowest BCUT2D eigenvalue weighted by Crippen LogP contribution is -2.54. The largest absolute Gasteiger partial charge is 0.460 e. The number of amides is 3. The second-order valence-corrected chi connectivity index (χ2v) is 13.5. The van der Waals surface area contributed by atoms with Crippen LogP contribution in [0.3, 0.4) is 0 Å². The van der Waals surface area contributed by atoms with Gasteiger partial charge >= 0.3 is 30.0 Å². The molecule has 0 aliphatic heterocycles. The van der Waals surface area contributed by atoms with Gasteiger partial charge in [0, 0.05) is 13.0 Å². The van der Waals surface area contributed by atoms with Gasteiger partial charge in [-0.2, -0.15) is 5.06 Å². The molecule has 0 aliphatic rings. The molecule has 2 atom stereocenters. The van der Waals surface area contributed by atoms with E-state index >= 15 is 0 Å². The number of benzene rings is 1. The first-order chi connectivity index (χ1) is 20.7. The number of hydrogen-bond acceptors (Lipinski definition) is 10. The Morgan fingerprint density at radius 2 is 1.33 bits per heavy atom. The fourth-order valence-electron chi connectivity index (χ4n) is 3.77. The normalized spacial score (nSPS) is 13.1. The smallest absolute Gasteiger partial charge is 0.407 e. The van der Waals surface area contributed by atoms with E-state index in [1.807, 2.05) is 30.3 Å². The predicted octanol–water partition coefficient (Wildman–Crippen LogP) is 5.03. The molecule has 3 N–H and O–H groups in total. The highest BCUT2D eigenvalue weighted by atomic mass is 16.6. The molecule has 0 aliphatic carbocycles. The Bertz CT molecular complexity index is 1120. The van der Waals surface area contributed by atoms with Gasteiger partial charge in [0.25, 0.3) is 0 Å². The van der Waals surface area contributed by atoms with Gasteiger partial charge in [-0.05, 0) is 93.6 Å². The lowest BCUT2D eigenvalue weighted by Gasteiger charge is -2.30. The van der Waals surface area contributed by atoms with E-state index in [1.165, 1.54) is 0 Å². The van der Waals surface area contributed by atoms with Crippen molar-refractivity contribution >= 4 is 30.0 Å². The summed E-state index contributed by atoms with van der Waals surface area (Å²) in [5.41, 5.74) is -1.72. The van der Waals surface area contributed by atoms with Crippen molar-refractivity contribution in [3.05, 3.63) is 35.9 Å². The number of alkyl carbamates (subject to hydrolysis) is 1. The molecule has 1 aromatic rings. The fourth-order valence-corrected chi connectivity index (χ4v) is 3.77. The Hall–Kier alpha value is -3.87. The molecular formula is C32H51N3O10. The molecule has 0 fully saturated rings. The molecule has 0 aromatic heterocycles. The Kier molecular flexibility index (Phi) is 15.3. The van der Waals surface area contributed by atoms with E-state index < -0.39 is 58.9 Å². The van der Waals surface area contributed by atoms with Gasteiger partial charge < -0.3 is 29.6 Å². The first-order valence-corrected chi connectivity index (χ1v) is 15.1. The standard InChI is InChI=1S/C32H51N3O10/c1-30(2,3)43-25(36)19-18-23(26(37)44-31(4,5)6)34-28(39)35(41)24(27(38)45-32(7,8)9)17-13-14-20-33-29(40)42-21-22-15-11-10-12-16-22/h10-12,15-16,23-24,41H,13-14,17-21H2,1-9H3,(H,33,40)(H,34,39)/t23-,24-/m0/s1. The highest BCUT2D eigenvalue weighted by Gasteiger charge is 2.35. The molecule has 45 heavy (non-hydrogen) atoms. The molecule has 3 amide bonds. The topological polar surface area (TPSA) is 170 Å². The molecule has 13 heteroatoms. The number of hydrogen-bond donors (Lipinski definition) is 3. The Labute approximate surface area is 266 Å². The van der Waals surface area contributed by atoms with Crippen molar-refractivity contribution < 1.29 is 48.1 Å². The summed E-state index contributed by atoms with van der Waals surface area (Å²) in [6, 6.07) is 5.28. The maximum Gasteiger partial charge on any atom is 0.407 e. The van der Waals surface area contributed by atoms with Crippen LogP contribution in [0.15, 0.2) is 30.3 Å². The number of rotatable bonds is 14. The van der Waals surface area contributed by atoms with E-state index in [2.05, 4.69) is 10.6 Å². The first kappa shape index (κ1) is 39.2. The monoisotopic (exact) mass is 637 g/mol. The van der Waals surface area contributed by atoms with Crippen LogP contribution in [0.1, 0.15) is 100.0 Å². The van der Waals surface area contributed by atoms with Gasteiger partial charge in [0.1, 0.15) is 29.5 Å². The number of nitrogens with zero attached hydrogens (tertiary/aromatic N) is 1. The van der Waals surface area contributed by atoms with Crippen molar-refractivity contribution in [1.29, 1.82) is 0 Å². The summed E-state index contributed by atoms with van der Waals surface area (Å²) in [6.07, 6.45) is -0.317. The van der Waals surface area contributed by atoms with Crippen molar-refractivity contribution in [3.63, 3.8) is 0 Å². The Balaban J connectivity index is 2.87. The summed E-state index contributed by atoms with van der Waals surface area (Å²) in [4.78, 5) is 63.3. The molecule has 0 bridgehead atoms. The number of nitrogens with one attached hydrogen (secondary N) is 2. The van der Waals surface area contributed by atoms with Crippen molar-refractivity contribution in [1.82, 2.24) is 15.7 Å². The van der Waals surface area contributed by atoms with Gasteiger partial charge in [-0.3, -0.25) is 10.0 Å². The molecule has 0 heterocycles. The third-order valence-electron chi connectivity index (χ3n) is 5.61. The highest BCUT2D eigenvalue weighted by molar-refractivity contribution is 5.87. The zero-order valence-corrected chi connectivity index (χ0v) is 28.1. The van der Waals surface area contributed by atoms with E-state index in [1.54, 1.807) is 62.3 Å². The van der Waals surface area contributed by atoms with Crippen molar-refractivity contribution in [2.24, 2.45) is 0 Å². The van der Waals surface area contributed by atoms with Gasteiger partial charge in [-0.1, -0.05) is 30.3 Å². The maximum absolute atomic E-state index is 13.1. The summed E-state index contributed by atoms with van der Waals surface area (Å²) < 4.78 is 21.3. The molecule has 0 saturated heterocycles. The second kappa shape index (κ2) is 17.6. The van der Waals surface area contributed by atoms with Crippen LogP contribution < -0.4 is 10.6 Å². The summed E-state index contributed by atoms with van der Waals surface area (Å²) in [6.45, 7) is 15.3. The average molecular weight is 638 g/mol. The first-order valence-electron chi connectivity index (χ1n) is 15.1. The lowest BCUT2D eigenvalue weighted by atomic mass is 10.1. The van der Waals surface area contributed by atoms with Crippen LogP contribution in [0, 0.1) is 0 Å². The van der Waals surface area contributed by atoms with E-state index in [0.717, 1.165) is 5.56 Å². The molecule has 254 valence electrons. The third-order valence-corrected chi connectivity index (χ3v) is 5.61. The number of esters is 3. The van der Waals surface area contributed by atoms with E-state index in [4.69, 9.17) is 18.9 Å². The summed E-state index contributed by atoms with van der Waals surface area (Å²) in [5, 5.41) is 16.0. The van der Waals surface area contributed by atoms with Gasteiger partial charge in [-0.15, -0.1) is 0 Å². The van der Waals surface area contributed by atoms with Crippen LogP contribution in [0.2, 0.25) is 0 Å². The number of hydroxylamine groups is 2. The number of carbonyl (C=O) groups is 5. The van der Waals surface area contributed by atoms with E-state index in [9.17, 15) is 29.2 Å². The fraction of sp³-hybridized carbons (Fsp3) is 0.656. The summed E-state index contributed by atoms with van der Waals surface area (Å²) in [5.74, 6) is -2.28. The molecule has 1 aromatic carbocycles. The molecular weight excluding hydrogens is 586 g/mol. The number of unbranched alkanes of at least 4 members (excludes halogenated alkanes) is 1. The van der Waals surface area contributed by atoms with Crippen LogP contribution >= 0.6 is 0 Å². The third kappa shape index (κ3) is 17.9. The van der Waals surface area contributed by atoms with Crippen LogP contribution in [-0.2, 0) is 39.9 Å².